The van der Waals surface area contributed by atoms with E-state index in [1.54, 1.807) is 14.0 Å². The second kappa shape index (κ2) is 7.62. The molecule has 0 aromatic heterocycles. The lowest BCUT2D eigenvalue weighted by Gasteiger charge is -2.23. The highest BCUT2D eigenvalue weighted by Gasteiger charge is 2.18. The number of carbonyl (C=O) groups excluding carboxylic acids is 1. The van der Waals surface area contributed by atoms with Gasteiger partial charge in [-0.25, -0.2) is 0 Å². The van der Waals surface area contributed by atoms with Crippen molar-refractivity contribution in [2.45, 2.75) is 25.9 Å². The first-order valence-corrected chi connectivity index (χ1v) is 5.14. The summed E-state index contributed by atoms with van der Waals surface area (Å²) in [6.07, 6.45) is 0.594. The van der Waals surface area contributed by atoms with E-state index in [9.17, 15) is 9.90 Å². The minimum absolute atomic E-state index is 0.0389. The van der Waals surface area contributed by atoms with Crippen LogP contribution in [0.2, 0.25) is 0 Å². The third kappa shape index (κ3) is 9.65. The van der Waals surface area contributed by atoms with E-state index in [2.05, 4.69) is 10.6 Å². The van der Waals surface area contributed by atoms with Crippen LogP contribution in [0.25, 0.3) is 0 Å². The van der Waals surface area contributed by atoms with Crippen molar-refractivity contribution in [3.8, 4) is 0 Å². The standard InChI is InChI=1S/C10H22N2O3/c1-9(13)12-6-5-11-8-10(2,14)4-7-15-3/h11,14H,4-8H2,1-3H3,(H,12,13). The molecule has 3 N–H and O–H groups in total. The fraction of sp³-hybridized carbons (Fsp3) is 0.900. The zero-order valence-electron chi connectivity index (χ0n) is 9.80. The average Bonchev–Trinajstić information content (AvgIpc) is 2.14. The monoisotopic (exact) mass is 218 g/mol. The zero-order valence-corrected chi connectivity index (χ0v) is 9.80. The Morgan fingerprint density at radius 3 is 2.67 bits per heavy atom. The maximum Gasteiger partial charge on any atom is 0.216 e. The Morgan fingerprint density at radius 1 is 1.47 bits per heavy atom. The molecule has 0 heterocycles. The molecule has 0 bridgehead atoms. The molecular weight excluding hydrogens is 196 g/mol. The highest BCUT2D eigenvalue weighted by Crippen LogP contribution is 2.06. The highest BCUT2D eigenvalue weighted by molar-refractivity contribution is 5.72. The Morgan fingerprint density at radius 2 is 2.13 bits per heavy atom. The van der Waals surface area contributed by atoms with E-state index in [-0.39, 0.29) is 5.91 Å². The predicted molar refractivity (Wildman–Crippen MR) is 58.7 cm³/mol. The number of methoxy groups -OCH3 is 1. The summed E-state index contributed by atoms with van der Waals surface area (Å²) in [4.78, 5) is 10.5. The molecule has 0 aliphatic heterocycles. The topological polar surface area (TPSA) is 70.6 Å². The predicted octanol–water partition coefficient (Wildman–Crippen LogP) is -0.500. The summed E-state index contributed by atoms with van der Waals surface area (Å²) >= 11 is 0. The lowest BCUT2D eigenvalue weighted by Crippen LogP contribution is -2.41. The molecule has 0 aliphatic rings. The van der Waals surface area contributed by atoms with Crippen LogP contribution < -0.4 is 10.6 Å². The van der Waals surface area contributed by atoms with Crippen molar-refractivity contribution in [1.29, 1.82) is 0 Å². The van der Waals surface area contributed by atoms with Gasteiger partial charge in [0.05, 0.1) is 5.60 Å². The molecule has 0 saturated carbocycles. The fourth-order valence-electron chi connectivity index (χ4n) is 1.09. The van der Waals surface area contributed by atoms with E-state index >= 15 is 0 Å². The maximum atomic E-state index is 10.5. The quantitative estimate of drug-likeness (QED) is 0.480. The molecule has 5 heteroatoms. The van der Waals surface area contributed by atoms with Crippen molar-refractivity contribution in [1.82, 2.24) is 10.6 Å². The van der Waals surface area contributed by atoms with Crippen molar-refractivity contribution in [3.05, 3.63) is 0 Å². The molecule has 1 unspecified atom stereocenters. The van der Waals surface area contributed by atoms with E-state index in [1.165, 1.54) is 6.92 Å². The maximum absolute atomic E-state index is 10.5. The van der Waals surface area contributed by atoms with Gasteiger partial charge in [0, 0.05) is 46.7 Å². The van der Waals surface area contributed by atoms with Gasteiger partial charge in [-0.05, 0) is 6.92 Å². The Balaban J connectivity index is 3.43. The fourth-order valence-corrected chi connectivity index (χ4v) is 1.09. The van der Waals surface area contributed by atoms with Crippen LogP contribution in [0.5, 0.6) is 0 Å². The zero-order chi connectivity index (χ0) is 11.7. The number of aliphatic hydroxyl groups is 1. The van der Waals surface area contributed by atoms with Gasteiger partial charge in [-0.2, -0.15) is 0 Å². The summed E-state index contributed by atoms with van der Waals surface area (Å²) in [5.74, 6) is -0.0389. The van der Waals surface area contributed by atoms with Gasteiger partial charge in [-0.3, -0.25) is 4.79 Å². The van der Waals surface area contributed by atoms with Gasteiger partial charge in [0.15, 0.2) is 0 Å². The molecule has 5 nitrogen and oxygen atoms in total. The van der Waals surface area contributed by atoms with Crippen LogP contribution in [0.3, 0.4) is 0 Å². The number of amides is 1. The Kier molecular flexibility index (Phi) is 7.29. The van der Waals surface area contributed by atoms with E-state index in [4.69, 9.17) is 4.74 Å². The van der Waals surface area contributed by atoms with Gasteiger partial charge < -0.3 is 20.5 Å². The van der Waals surface area contributed by atoms with Gasteiger partial charge in [0.25, 0.3) is 0 Å². The first-order valence-electron chi connectivity index (χ1n) is 5.14. The van der Waals surface area contributed by atoms with Crippen molar-refractivity contribution >= 4 is 5.91 Å². The molecule has 0 aromatic carbocycles. The smallest absolute Gasteiger partial charge is 0.216 e. The molecule has 0 saturated heterocycles. The number of rotatable bonds is 8. The molecule has 0 spiro atoms. The third-order valence-corrected chi connectivity index (χ3v) is 2.03. The van der Waals surface area contributed by atoms with Crippen molar-refractivity contribution in [3.63, 3.8) is 0 Å². The summed E-state index contributed by atoms with van der Waals surface area (Å²) in [7, 11) is 1.61. The van der Waals surface area contributed by atoms with Crippen LogP contribution >= 0.6 is 0 Å². The Hall–Kier alpha value is -0.650. The summed E-state index contributed by atoms with van der Waals surface area (Å²) in [6, 6.07) is 0. The van der Waals surface area contributed by atoms with Crippen molar-refractivity contribution in [2.75, 3.05) is 33.4 Å². The molecule has 0 radical (unpaired) electrons. The number of ether oxygens (including phenoxy) is 1. The Labute approximate surface area is 91.2 Å². The first-order chi connectivity index (χ1) is 6.98. The Bertz CT molecular complexity index is 184. The van der Waals surface area contributed by atoms with E-state index in [0.717, 1.165) is 0 Å². The van der Waals surface area contributed by atoms with Gasteiger partial charge in [0.1, 0.15) is 0 Å². The van der Waals surface area contributed by atoms with Gasteiger partial charge >= 0.3 is 0 Å². The minimum Gasteiger partial charge on any atom is -0.389 e. The molecular formula is C10H22N2O3. The molecule has 0 fully saturated rings. The number of nitrogens with one attached hydrogen (secondary N) is 2. The van der Waals surface area contributed by atoms with E-state index in [0.29, 0.717) is 32.7 Å². The summed E-state index contributed by atoms with van der Waals surface area (Å²) in [5, 5.41) is 15.6. The molecule has 0 aromatic rings. The van der Waals surface area contributed by atoms with Gasteiger partial charge in [-0.1, -0.05) is 0 Å². The van der Waals surface area contributed by atoms with E-state index in [1.807, 2.05) is 0 Å². The van der Waals surface area contributed by atoms with Crippen LogP contribution in [0, 0.1) is 0 Å². The molecule has 90 valence electrons. The van der Waals surface area contributed by atoms with Crippen LogP contribution in [0.15, 0.2) is 0 Å². The number of carbonyl (C=O) groups is 1. The molecule has 0 rings (SSSR count). The van der Waals surface area contributed by atoms with Crippen LogP contribution in [0.1, 0.15) is 20.3 Å². The van der Waals surface area contributed by atoms with Gasteiger partial charge in [-0.15, -0.1) is 0 Å². The second-order valence-electron chi connectivity index (χ2n) is 3.90. The van der Waals surface area contributed by atoms with Crippen molar-refractivity contribution < 1.29 is 14.6 Å². The first kappa shape index (κ1) is 14.3. The van der Waals surface area contributed by atoms with Gasteiger partial charge in [0.2, 0.25) is 5.91 Å². The SMILES string of the molecule is COCCC(C)(O)CNCCNC(C)=O. The third-order valence-electron chi connectivity index (χ3n) is 2.03. The lowest BCUT2D eigenvalue weighted by molar-refractivity contribution is -0.118. The minimum atomic E-state index is -0.758. The van der Waals surface area contributed by atoms with Crippen molar-refractivity contribution in [2.24, 2.45) is 0 Å². The van der Waals surface area contributed by atoms with E-state index < -0.39 is 5.60 Å². The van der Waals surface area contributed by atoms with Crippen LogP contribution in [-0.4, -0.2) is 50.0 Å². The van der Waals surface area contributed by atoms with Crippen LogP contribution in [-0.2, 0) is 9.53 Å². The summed E-state index contributed by atoms with van der Waals surface area (Å²) in [6.45, 7) is 5.51. The number of hydrogen-bond donors (Lipinski definition) is 3. The summed E-state index contributed by atoms with van der Waals surface area (Å²) < 4.78 is 4.89. The molecule has 1 amide bonds. The number of hydrogen-bond acceptors (Lipinski definition) is 4. The summed E-state index contributed by atoms with van der Waals surface area (Å²) in [5.41, 5.74) is -0.758. The lowest BCUT2D eigenvalue weighted by atomic mass is 10.0. The molecule has 1 atom stereocenters. The largest absolute Gasteiger partial charge is 0.389 e. The molecule has 0 aliphatic carbocycles. The highest BCUT2D eigenvalue weighted by atomic mass is 16.5. The molecule has 15 heavy (non-hydrogen) atoms. The van der Waals surface area contributed by atoms with Crippen LogP contribution in [0.4, 0.5) is 0 Å². The normalized spacial score (nSPS) is 14.7. The average molecular weight is 218 g/mol. The second-order valence-corrected chi connectivity index (χ2v) is 3.90.